The minimum atomic E-state index is -2.63. The average Bonchev–Trinajstić information content (AvgIpc) is 2.61. The SMILES string of the molecule is CCc1ccc(OCc2ccc(C(F)F)cc2NC(=O)OC)c(C)c1. The summed E-state index contributed by atoms with van der Waals surface area (Å²) >= 11 is 0. The molecular formula is C19H21F2NO3. The van der Waals surface area contributed by atoms with E-state index in [4.69, 9.17) is 4.74 Å². The lowest BCUT2D eigenvalue weighted by molar-refractivity contribution is 0.151. The first-order chi connectivity index (χ1) is 11.9. The summed E-state index contributed by atoms with van der Waals surface area (Å²) in [5, 5.41) is 2.45. The molecule has 0 saturated heterocycles. The van der Waals surface area contributed by atoms with E-state index in [-0.39, 0.29) is 17.9 Å². The van der Waals surface area contributed by atoms with E-state index in [0.717, 1.165) is 12.0 Å². The summed E-state index contributed by atoms with van der Waals surface area (Å²) in [5.41, 5.74) is 2.84. The molecule has 1 N–H and O–H groups in total. The molecule has 0 saturated carbocycles. The lowest BCUT2D eigenvalue weighted by atomic mass is 10.1. The van der Waals surface area contributed by atoms with Gasteiger partial charge in [0.05, 0.1) is 12.8 Å². The summed E-state index contributed by atoms with van der Waals surface area (Å²) in [5.74, 6) is 0.708. The van der Waals surface area contributed by atoms with E-state index in [1.807, 2.05) is 25.1 Å². The van der Waals surface area contributed by atoms with Crippen molar-refractivity contribution in [2.24, 2.45) is 0 Å². The van der Waals surface area contributed by atoms with Gasteiger partial charge in [0.15, 0.2) is 0 Å². The van der Waals surface area contributed by atoms with Crippen LogP contribution < -0.4 is 10.1 Å². The van der Waals surface area contributed by atoms with Crippen molar-refractivity contribution in [3.05, 3.63) is 58.7 Å². The second kappa shape index (κ2) is 8.46. The minimum absolute atomic E-state index is 0.134. The van der Waals surface area contributed by atoms with Crippen molar-refractivity contribution in [2.75, 3.05) is 12.4 Å². The van der Waals surface area contributed by atoms with Gasteiger partial charge in [0.1, 0.15) is 12.4 Å². The van der Waals surface area contributed by atoms with Crippen LogP contribution >= 0.6 is 0 Å². The Kier molecular flexibility index (Phi) is 6.33. The van der Waals surface area contributed by atoms with Crippen LogP contribution in [0, 0.1) is 6.92 Å². The van der Waals surface area contributed by atoms with Crippen LogP contribution in [0.15, 0.2) is 36.4 Å². The zero-order chi connectivity index (χ0) is 18.4. The van der Waals surface area contributed by atoms with Crippen LogP contribution in [-0.4, -0.2) is 13.2 Å². The number of carbonyl (C=O) groups excluding carboxylic acids is 1. The van der Waals surface area contributed by atoms with E-state index in [1.54, 1.807) is 0 Å². The first-order valence-electron chi connectivity index (χ1n) is 7.92. The summed E-state index contributed by atoms with van der Waals surface area (Å²) < 4.78 is 36.1. The third kappa shape index (κ3) is 4.92. The lowest BCUT2D eigenvalue weighted by Crippen LogP contribution is -2.13. The van der Waals surface area contributed by atoms with Gasteiger partial charge in [0, 0.05) is 11.1 Å². The van der Waals surface area contributed by atoms with Crippen LogP contribution in [0.3, 0.4) is 0 Å². The maximum absolute atomic E-state index is 12.9. The Balaban J connectivity index is 2.21. The molecule has 0 atom stereocenters. The maximum Gasteiger partial charge on any atom is 0.411 e. The molecule has 0 aliphatic rings. The number of methoxy groups -OCH3 is 1. The molecule has 0 fully saturated rings. The summed E-state index contributed by atoms with van der Waals surface area (Å²) in [4.78, 5) is 11.5. The van der Waals surface area contributed by atoms with Crippen LogP contribution in [0.5, 0.6) is 5.75 Å². The van der Waals surface area contributed by atoms with Crippen LogP contribution in [0.25, 0.3) is 0 Å². The highest BCUT2D eigenvalue weighted by molar-refractivity contribution is 5.85. The van der Waals surface area contributed by atoms with Gasteiger partial charge in [0.25, 0.3) is 6.43 Å². The zero-order valence-corrected chi connectivity index (χ0v) is 14.4. The third-order valence-corrected chi connectivity index (χ3v) is 3.84. The fourth-order valence-electron chi connectivity index (χ4n) is 2.38. The Morgan fingerprint density at radius 2 is 1.96 bits per heavy atom. The van der Waals surface area contributed by atoms with Gasteiger partial charge in [-0.15, -0.1) is 0 Å². The maximum atomic E-state index is 12.9. The number of anilines is 1. The van der Waals surface area contributed by atoms with E-state index >= 15 is 0 Å². The second-order valence-corrected chi connectivity index (χ2v) is 5.58. The van der Waals surface area contributed by atoms with Crippen molar-refractivity contribution >= 4 is 11.8 Å². The number of amides is 1. The summed E-state index contributed by atoms with van der Waals surface area (Å²) in [6, 6.07) is 9.97. The van der Waals surface area contributed by atoms with Gasteiger partial charge in [0.2, 0.25) is 0 Å². The molecule has 0 heterocycles. The molecule has 0 aromatic heterocycles. The summed E-state index contributed by atoms with van der Waals surface area (Å²) in [6.45, 7) is 4.15. The van der Waals surface area contributed by atoms with Crippen LogP contribution in [0.4, 0.5) is 19.3 Å². The quantitative estimate of drug-likeness (QED) is 0.774. The summed E-state index contributed by atoms with van der Waals surface area (Å²) in [6.07, 6.45) is -2.42. The Morgan fingerprint density at radius 3 is 2.56 bits per heavy atom. The molecular weight excluding hydrogens is 328 g/mol. The Morgan fingerprint density at radius 1 is 1.20 bits per heavy atom. The topological polar surface area (TPSA) is 47.6 Å². The normalized spacial score (nSPS) is 10.6. The van der Waals surface area contributed by atoms with Crippen molar-refractivity contribution in [1.29, 1.82) is 0 Å². The molecule has 2 aromatic rings. The van der Waals surface area contributed by atoms with Crippen LogP contribution in [0.1, 0.15) is 35.6 Å². The van der Waals surface area contributed by atoms with Gasteiger partial charge >= 0.3 is 6.09 Å². The molecule has 4 nitrogen and oxygen atoms in total. The van der Waals surface area contributed by atoms with Gasteiger partial charge in [-0.3, -0.25) is 5.32 Å². The first kappa shape index (κ1) is 18.7. The molecule has 1 amide bonds. The number of hydrogen-bond acceptors (Lipinski definition) is 3. The number of ether oxygens (including phenoxy) is 2. The molecule has 6 heteroatoms. The molecule has 134 valence electrons. The average molecular weight is 349 g/mol. The number of aryl methyl sites for hydroxylation is 2. The van der Waals surface area contributed by atoms with Crippen molar-refractivity contribution < 1.29 is 23.0 Å². The monoisotopic (exact) mass is 349 g/mol. The number of rotatable bonds is 6. The summed E-state index contributed by atoms with van der Waals surface area (Å²) in [7, 11) is 1.21. The molecule has 0 radical (unpaired) electrons. The molecule has 0 aliphatic carbocycles. The standard InChI is InChI=1S/C19H21F2NO3/c1-4-13-5-8-17(12(2)9-13)25-11-15-7-6-14(18(20)21)10-16(15)22-19(23)24-3/h5-10,18H,4,11H2,1-3H3,(H,22,23). The molecule has 25 heavy (non-hydrogen) atoms. The molecule has 2 aromatic carbocycles. The van der Waals surface area contributed by atoms with Gasteiger partial charge in [-0.1, -0.05) is 31.2 Å². The van der Waals surface area contributed by atoms with E-state index in [0.29, 0.717) is 11.3 Å². The zero-order valence-electron chi connectivity index (χ0n) is 14.4. The van der Waals surface area contributed by atoms with E-state index in [2.05, 4.69) is 17.0 Å². The lowest BCUT2D eigenvalue weighted by Gasteiger charge is -2.15. The fourth-order valence-corrected chi connectivity index (χ4v) is 2.38. The fraction of sp³-hybridized carbons (Fsp3) is 0.316. The van der Waals surface area contributed by atoms with Crippen LogP contribution in [0.2, 0.25) is 0 Å². The van der Waals surface area contributed by atoms with Gasteiger partial charge in [-0.05, 0) is 36.6 Å². The number of alkyl halides is 2. The third-order valence-electron chi connectivity index (χ3n) is 3.84. The highest BCUT2D eigenvalue weighted by Gasteiger charge is 2.14. The van der Waals surface area contributed by atoms with Crippen molar-refractivity contribution in [3.63, 3.8) is 0 Å². The number of benzene rings is 2. The van der Waals surface area contributed by atoms with Gasteiger partial charge in [-0.25, -0.2) is 13.6 Å². The predicted molar refractivity (Wildman–Crippen MR) is 92.3 cm³/mol. The van der Waals surface area contributed by atoms with E-state index < -0.39 is 12.5 Å². The highest BCUT2D eigenvalue weighted by Crippen LogP contribution is 2.27. The highest BCUT2D eigenvalue weighted by atomic mass is 19.3. The predicted octanol–water partition coefficient (Wildman–Crippen LogP) is 5.25. The van der Waals surface area contributed by atoms with Gasteiger partial charge < -0.3 is 9.47 Å². The number of halogens is 2. The largest absolute Gasteiger partial charge is 0.489 e. The minimum Gasteiger partial charge on any atom is -0.489 e. The van der Waals surface area contributed by atoms with Crippen molar-refractivity contribution in [1.82, 2.24) is 0 Å². The first-order valence-corrected chi connectivity index (χ1v) is 7.92. The van der Waals surface area contributed by atoms with E-state index in [9.17, 15) is 13.6 Å². The van der Waals surface area contributed by atoms with Crippen molar-refractivity contribution in [2.45, 2.75) is 33.3 Å². The molecule has 0 aliphatic heterocycles. The Bertz CT molecular complexity index is 747. The number of hydrogen-bond donors (Lipinski definition) is 1. The Labute approximate surface area is 145 Å². The Hall–Kier alpha value is -2.63. The molecule has 0 bridgehead atoms. The molecule has 2 rings (SSSR count). The molecule has 0 unspecified atom stereocenters. The number of carbonyl (C=O) groups is 1. The second-order valence-electron chi connectivity index (χ2n) is 5.58. The van der Waals surface area contributed by atoms with E-state index in [1.165, 1.54) is 30.9 Å². The van der Waals surface area contributed by atoms with Gasteiger partial charge in [-0.2, -0.15) is 0 Å². The smallest absolute Gasteiger partial charge is 0.411 e. The molecule has 0 spiro atoms. The van der Waals surface area contributed by atoms with Crippen LogP contribution in [-0.2, 0) is 17.8 Å². The number of nitrogens with one attached hydrogen (secondary N) is 1. The van der Waals surface area contributed by atoms with Crippen molar-refractivity contribution in [3.8, 4) is 5.75 Å².